The number of hydrogen-bond donors (Lipinski definition) is 0. The van der Waals surface area contributed by atoms with Crippen molar-refractivity contribution < 1.29 is 17.6 Å². The van der Waals surface area contributed by atoms with Crippen molar-refractivity contribution in [1.29, 1.82) is 0 Å². The summed E-state index contributed by atoms with van der Waals surface area (Å²) in [4.78, 5) is 4.65. The lowest BCUT2D eigenvalue weighted by Gasteiger charge is -2.27. The lowest BCUT2D eigenvalue weighted by atomic mass is 9.85. The van der Waals surface area contributed by atoms with Crippen LogP contribution in [-0.2, 0) is 6.42 Å². The Morgan fingerprint density at radius 2 is 1.65 bits per heavy atom. The van der Waals surface area contributed by atoms with Crippen LogP contribution < -0.4 is 0 Å². The summed E-state index contributed by atoms with van der Waals surface area (Å²) >= 11 is 0. The van der Waals surface area contributed by atoms with Gasteiger partial charge in [0.25, 0.3) is 0 Å². The predicted molar refractivity (Wildman–Crippen MR) is 132 cm³/mol. The second-order valence-corrected chi connectivity index (χ2v) is 9.97. The number of fused-ring (bicyclic) bond motifs is 4. The molecule has 0 spiro atoms. The molecule has 5 aromatic rings. The highest BCUT2D eigenvalue weighted by Gasteiger charge is 2.47. The Balaban J connectivity index is 1.67. The lowest BCUT2D eigenvalue weighted by Crippen LogP contribution is -2.34. The van der Waals surface area contributed by atoms with Gasteiger partial charge in [0.1, 0.15) is 11.3 Å². The van der Waals surface area contributed by atoms with Crippen LogP contribution in [0.2, 0.25) is 0 Å². The van der Waals surface area contributed by atoms with E-state index < -0.39 is 11.6 Å². The van der Waals surface area contributed by atoms with Gasteiger partial charge < -0.3 is 4.42 Å². The summed E-state index contributed by atoms with van der Waals surface area (Å²) in [5.41, 5.74) is 2.93. The molecule has 0 aliphatic rings. The maximum absolute atomic E-state index is 13.4. The molecule has 34 heavy (non-hydrogen) atoms. The molecule has 0 radical (unpaired) electrons. The molecular weight excluding hydrogens is 435 g/mol. The molecule has 0 fully saturated rings. The molecule has 0 atom stereocenters. The van der Waals surface area contributed by atoms with Gasteiger partial charge in [0.2, 0.25) is 0 Å². The first-order valence-corrected chi connectivity index (χ1v) is 11.4. The number of rotatable bonds is 4. The zero-order chi connectivity index (χ0) is 24.3. The highest BCUT2D eigenvalue weighted by atomic mass is 19.4. The SMILES string of the molecule is CC(C)c1cc(-c2nccc3c2oc2cc(CC(C)(C)C(F)(F)F)ccc23)cc2ccccc12. The maximum Gasteiger partial charge on any atom is 0.394 e. The standard InChI is InChI=1S/C29H26F3NO/c1-17(2)24-15-20(14-19-7-5-6-8-21(19)24)26-27-23(11-12-33-26)22-10-9-18(13-25(22)34-27)16-28(3,4)29(30,31)32/h5-15,17H,16H2,1-4H3. The minimum Gasteiger partial charge on any atom is -0.454 e. The van der Waals surface area contributed by atoms with Crippen LogP contribution in [-0.4, -0.2) is 11.2 Å². The fourth-order valence-corrected chi connectivity index (χ4v) is 4.63. The first-order chi connectivity index (χ1) is 16.0. The van der Waals surface area contributed by atoms with E-state index in [0.29, 0.717) is 22.6 Å². The van der Waals surface area contributed by atoms with Crippen molar-refractivity contribution in [2.24, 2.45) is 5.41 Å². The molecule has 5 rings (SSSR count). The van der Waals surface area contributed by atoms with Gasteiger partial charge in [0.05, 0.1) is 5.41 Å². The molecule has 2 heterocycles. The minimum absolute atomic E-state index is 0.114. The van der Waals surface area contributed by atoms with Crippen LogP contribution in [0.1, 0.15) is 44.7 Å². The Morgan fingerprint density at radius 3 is 2.38 bits per heavy atom. The number of alkyl halides is 3. The monoisotopic (exact) mass is 461 g/mol. The van der Waals surface area contributed by atoms with Crippen LogP contribution in [0.3, 0.4) is 0 Å². The van der Waals surface area contributed by atoms with Gasteiger partial charge in [-0.2, -0.15) is 13.2 Å². The van der Waals surface area contributed by atoms with E-state index in [4.69, 9.17) is 4.42 Å². The Labute approximate surface area is 196 Å². The largest absolute Gasteiger partial charge is 0.454 e. The van der Waals surface area contributed by atoms with Crippen LogP contribution in [0, 0.1) is 5.41 Å². The van der Waals surface area contributed by atoms with Gasteiger partial charge in [-0.25, -0.2) is 0 Å². The van der Waals surface area contributed by atoms with Crippen molar-refractivity contribution >= 4 is 32.7 Å². The smallest absolute Gasteiger partial charge is 0.394 e. The Bertz CT molecular complexity index is 1530. The number of furan rings is 1. The first kappa shape index (κ1) is 22.5. The van der Waals surface area contributed by atoms with Crippen molar-refractivity contribution in [1.82, 2.24) is 4.98 Å². The maximum atomic E-state index is 13.4. The van der Waals surface area contributed by atoms with Crippen LogP contribution >= 0.6 is 0 Å². The average molecular weight is 462 g/mol. The second kappa shape index (κ2) is 7.86. The van der Waals surface area contributed by atoms with E-state index in [2.05, 4.69) is 43.1 Å². The third-order valence-electron chi connectivity index (χ3n) is 6.66. The van der Waals surface area contributed by atoms with Crippen molar-refractivity contribution in [3.05, 3.63) is 78.0 Å². The lowest BCUT2D eigenvalue weighted by molar-refractivity contribution is -0.211. The molecule has 2 nitrogen and oxygen atoms in total. The molecule has 2 aromatic heterocycles. The zero-order valence-corrected chi connectivity index (χ0v) is 19.6. The molecule has 3 aromatic carbocycles. The number of hydrogen-bond acceptors (Lipinski definition) is 2. The van der Waals surface area contributed by atoms with Crippen LogP contribution in [0.4, 0.5) is 13.2 Å². The molecule has 0 aliphatic heterocycles. The van der Waals surface area contributed by atoms with Gasteiger partial charge in [-0.3, -0.25) is 4.98 Å². The first-order valence-electron chi connectivity index (χ1n) is 11.4. The topological polar surface area (TPSA) is 26.0 Å². The quantitative estimate of drug-likeness (QED) is 0.267. The third kappa shape index (κ3) is 3.73. The third-order valence-corrected chi connectivity index (χ3v) is 6.66. The summed E-state index contributed by atoms with van der Waals surface area (Å²) in [6, 6.07) is 19.8. The number of nitrogens with zero attached hydrogens (tertiary/aromatic N) is 1. The number of benzene rings is 3. The molecule has 5 heteroatoms. The van der Waals surface area contributed by atoms with E-state index in [9.17, 15) is 13.2 Å². The predicted octanol–water partition coefficient (Wildman–Crippen LogP) is 9.06. The number of halogens is 3. The van der Waals surface area contributed by atoms with Gasteiger partial charge in [-0.1, -0.05) is 64.1 Å². The molecular formula is C29H26F3NO. The number of aromatic nitrogens is 1. The van der Waals surface area contributed by atoms with Crippen molar-refractivity contribution in [2.45, 2.75) is 46.2 Å². The van der Waals surface area contributed by atoms with Gasteiger partial charge in [-0.05, 0) is 58.5 Å². The molecule has 0 amide bonds. The summed E-state index contributed by atoms with van der Waals surface area (Å²) in [6.07, 6.45) is -2.63. The van der Waals surface area contributed by atoms with Crippen molar-refractivity contribution in [2.75, 3.05) is 0 Å². The van der Waals surface area contributed by atoms with Crippen LogP contribution in [0.5, 0.6) is 0 Å². The van der Waals surface area contributed by atoms with E-state index in [0.717, 1.165) is 27.4 Å². The molecule has 0 saturated heterocycles. The van der Waals surface area contributed by atoms with Gasteiger partial charge in [0, 0.05) is 22.5 Å². The molecule has 0 bridgehead atoms. The van der Waals surface area contributed by atoms with Crippen LogP contribution in [0.25, 0.3) is 44.0 Å². The molecule has 0 aliphatic carbocycles. The summed E-state index contributed by atoms with van der Waals surface area (Å²) in [6.45, 7) is 6.79. The van der Waals surface area contributed by atoms with E-state index in [1.807, 2.05) is 24.3 Å². The van der Waals surface area contributed by atoms with E-state index in [1.54, 1.807) is 18.3 Å². The van der Waals surface area contributed by atoms with Crippen molar-refractivity contribution in [3.63, 3.8) is 0 Å². The molecule has 0 N–H and O–H groups in total. The van der Waals surface area contributed by atoms with Gasteiger partial charge >= 0.3 is 6.18 Å². The molecule has 0 unspecified atom stereocenters. The molecule has 0 saturated carbocycles. The normalized spacial score (nSPS) is 12.9. The van der Waals surface area contributed by atoms with Gasteiger partial charge in [0.15, 0.2) is 5.58 Å². The Kier molecular flexibility index (Phi) is 5.19. The number of pyridine rings is 1. The fourth-order valence-electron chi connectivity index (χ4n) is 4.63. The minimum atomic E-state index is -4.28. The Morgan fingerprint density at radius 1 is 0.882 bits per heavy atom. The summed E-state index contributed by atoms with van der Waals surface area (Å²) in [5, 5.41) is 4.13. The van der Waals surface area contributed by atoms with E-state index in [-0.39, 0.29) is 6.42 Å². The van der Waals surface area contributed by atoms with Crippen LogP contribution in [0.15, 0.2) is 71.3 Å². The summed E-state index contributed by atoms with van der Waals surface area (Å²) in [5.74, 6) is 0.333. The summed E-state index contributed by atoms with van der Waals surface area (Å²) in [7, 11) is 0. The zero-order valence-electron chi connectivity index (χ0n) is 19.6. The highest BCUT2D eigenvalue weighted by molar-refractivity contribution is 6.09. The summed E-state index contributed by atoms with van der Waals surface area (Å²) < 4.78 is 46.5. The average Bonchev–Trinajstić information content (AvgIpc) is 3.15. The van der Waals surface area contributed by atoms with E-state index in [1.165, 1.54) is 24.8 Å². The van der Waals surface area contributed by atoms with Gasteiger partial charge in [-0.15, -0.1) is 0 Å². The molecule has 174 valence electrons. The van der Waals surface area contributed by atoms with Crippen molar-refractivity contribution in [3.8, 4) is 11.3 Å². The fraction of sp³-hybridized carbons (Fsp3) is 0.276. The Hall–Kier alpha value is -3.34. The van der Waals surface area contributed by atoms with E-state index >= 15 is 0 Å². The highest BCUT2D eigenvalue weighted by Crippen LogP contribution is 2.42. The second-order valence-electron chi connectivity index (χ2n) is 9.97.